The second-order valence-electron chi connectivity index (χ2n) is 4.58. The minimum Gasteiger partial charge on any atom is -0.461 e. The van der Waals surface area contributed by atoms with Gasteiger partial charge in [0.25, 0.3) is 0 Å². The Balaban J connectivity index is 2.10. The van der Waals surface area contributed by atoms with E-state index in [-0.39, 0.29) is 0 Å². The summed E-state index contributed by atoms with van der Waals surface area (Å²) in [4.78, 5) is 0. The van der Waals surface area contributed by atoms with E-state index in [1.54, 1.807) is 4.68 Å². The number of para-hydroxylation sites is 1. The van der Waals surface area contributed by atoms with Crippen LogP contribution in [-0.2, 0) is 6.54 Å². The molecule has 1 aromatic carbocycles. The molecule has 2 heterocycles. The van der Waals surface area contributed by atoms with Crippen LogP contribution in [0.2, 0.25) is 5.02 Å². The minimum absolute atomic E-state index is 0.490. The van der Waals surface area contributed by atoms with E-state index in [2.05, 4.69) is 5.10 Å². The third-order valence-electron chi connectivity index (χ3n) is 3.30. The molecule has 0 aliphatic heterocycles. The first-order valence-electron chi connectivity index (χ1n) is 6.03. The van der Waals surface area contributed by atoms with Gasteiger partial charge in [-0.15, -0.1) is 0 Å². The van der Waals surface area contributed by atoms with Crippen molar-refractivity contribution in [3.63, 3.8) is 0 Å². The number of hydrogen-bond donors (Lipinski definition) is 1. The highest BCUT2D eigenvalue weighted by Gasteiger charge is 2.15. The van der Waals surface area contributed by atoms with E-state index >= 15 is 0 Å². The average Bonchev–Trinajstić information content (AvgIpc) is 2.83. The van der Waals surface area contributed by atoms with Gasteiger partial charge in [-0.1, -0.05) is 29.8 Å². The SMILES string of the molecule is Cc1nn(Cc2c(C)oc3ccccc23)c(N)c1Cl. The number of hydrogen-bond acceptors (Lipinski definition) is 3. The molecule has 2 aromatic heterocycles. The smallest absolute Gasteiger partial charge is 0.141 e. The van der Waals surface area contributed by atoms with E-state index in [0.717, 1.165) is 28.0 Å². The van der Waals surface area contributed by atoms with Crippen LogP contribution in [0.3, 0.4) is 0 Å². The summed E-state index contributed by atoms with van der Waals surface area (Å²) >= 11 is 6.06. The number of aromatic nitrogens is 2. The number of nitrogens with zero attached hydrogens (tertiary/aromatic N) is 2. The zero-order valence-electron chi connectivity index (χ0n) is 10.8. The van der Waals surface area contributed by atoms with E-state index in [1.807, 2.05) is 38.1 Å². The molecule has 3 aromatic rings. The molecule has 0 amide bonds. The fourth-order valence-electron chi connectivity index (χ4n) is 2.27. The standard InChI is InChI=1S/C14H14ClN3O/c1-8-13(15)14(16)18(17-8)7-11-9(2)19-12-6-4-3-5-10(11)12/h3-6H,7,16H2,1-2H3. The lowest BCUT2D eigenvalue weighted by Crippen LogP contribution is -2.06. The molecule has 0 saturated heterocycles. The molecule has 0 fully saturated rings. The Morgan fingerprint density at radius 3 is 2.74 bits per heavy atom. The van der Waals surface area contributed by atoms with Gasteiger partial charge < -0.3 is 10.2 Å². The number of nitrogen functional groups attached to an aromatic ring is 1. The number of anilines is 1. The molecular weight excluding hydrogens is 262 g/mol. The van der Waals surface area contributed by atoms with Crippen molar-refractivity contribution in [2.24, 2.45) is 0 Å². The van der Waals surface area contributed by atoms with Crippen molar-refractivity contribution in [2.45, 2.75) is 20.4 Å². The molecule has 0 radical (unpaired) electrons. The summed E-state index contributed by atoms with van der Waals surface area (Å²) in [6.07, 6.45) is 0. The molecule has 19 heavy (non-hydrogen) atoms. The summed E-state index contributed by atoms with van der Waals surface area (Å²) in [7, 11) is 0. The van der Waals surface area contributed by atoms with Crippen LogP contribution in [0.1, 0.15) is 17.0 Å². The first kappa shape index (κ1) is 12.1. The highest BCUT2D eigenvalue weighted by atomic mass is 35.5. The fourth-order valence-corrected chi connectivity index (χ4v) is 2.40. The number of nitrogens with two attached hydrogens (primary N) is 1. The Morgan fingerprint density at radius 2 is 2.05 bits per heavy atom. The van der Waals surface area contributed by atoms with Gasteiger partial charge in [-0.25, -0.2) is 4.68 Å². The lowest BCUT2D eigenvalue weighted by Gasteiger charge is -2.03. The molecule has 0 unspecified atom stereocenters. The number of rotatable bonds is 2. The molecule has 3 rings (SSSR count). The summed E-state index contributed by atoms with van der Waals surface area (Å²) < 4.78 is 7.44. The molecule has 5 heteroatoms. The number of furan rings is 1. The molecule has 98 valence electrons. The number of halogens is 1. The van der Waals surface area contributed by atoms with Crippen LogP contribution < -0.4 is 5.73 Å². The van der Waals surface area contributed by atoms with E-state index < -0.39 is 0 Å². The van der Waals surface area contributed by atoms with Crippen LogP contribution in [-0.4, -0.2) is 9.78 Å². The molecule has 0 aliphatic carbocycles. The van der Waals surface area contributed by atoms with Crippen molar-refractivity contribution in [1.29, 1.82) is 0 Å². The summed E-state index contributed by atoms with van der Waals surface area (Å²) in [6.45, 7) is 4.35. The summed E-state index contributed by atoms with van der Waals surface area (Å²) in [5.74, 6) is 1.37. The average molecular weight is 276 g/mol. The molecule has 0 saturated carbocycles. The number of benzene rings is 1. The molecular formula is C14H14ClN3O. The van der Waals surface area contributed by atoms with E-state index in [9.17, 15) is 0 Å². The van der Waals surface area contributed by atoms with E-state index in [1.165, 1.54) is 0 Å². The van der Waals surface area contributed by atoms with Crippen LogP contribution in [0.15, 0.2) is 28.7 Å². The van der Waals surface area contributed by atoms with Crippen molar-refractivity contribution in [2.75, 3.05) is 5.73 Å². The first-order chi connectivity index (χ1) is 9.08. The summed E-state index contributed by atoms with van der Waals surface area (Å²) in [6, 6.07) is 7.94. The quantitative estimate of drug-likeness (QED) is 0.778. The van der Waals surface area contributed by atoms with Gasteiger partial charge in [0.15, 0.2) is 0 Å². The van der Waals surface area contributed by atoms with E-state index in [4.69, 9.17) is 21.8 Å². The third kappa shape index (κ3) is 1.88. The Labute approximate surface area is 115 Å². The van der Waals surface area contributed by atoms with Gasteiger partial charge in [0.2, 0.25) is 0 Å². The largest absolute Gasteiger partial charge is 0.461 e. The van der Waals surface area contributed by atoms with Gasteiger partial charge in [0, 0.05) is 10.9 Å². The van der Waals surface area contributed by atoms with Gasteiger partial charge in [0.1, 0.15) is 22.2 Å². The van der Waals surface area contributed by atoms with Gasteiger partial charge >= 0.3 is 0 Å². The fraction of sp³-hybridized carbons (Fsp3) is 0.214. The van der Waals surface area contributed by atoms with Crippen LogP contribution in [0.4, 0.5) is 5.82 Å². The minimum atomic E-state index is 0.490. The lowest BCUT2D eigenvalue weighted by molar-refractivity contribution is 0.564. The first-order valence-corrected chi connectivity index (χ1v) is 6.41. The maximum absolute atomic E-state index is 6.06. The van der Waals surface area contributed by atoms with Crippen molar-refractivity contribution in [3.05, 3.63) is 46.3 Å². The van der Waals surface area contributed by atoms with Gasteiger partial charge in [0.05, 0.1) is 12.2 Å². The van der Waals surface area contributed by atoms with Crippen molar-refractivity contribution >= 4 is 28.4 Å². The zero-order valence-corrected chi connectivity index (χ0v) is 11.5. The molecule has 2 N–H and O–H groups in total. The second kappa shape index (κ2) is 4.31. The molecule has 4 nitrogen and oxygen atoms in total. The van der Waals surface area contributed by atoms with Crippen LogP contribution in [0.25, 0.3) is 11.0 Å². The zero-order chi connectivity index (χ0) is 13.6. The van der Waals surface area contributed by atoms with Crippen molar-refractivity contribution < 1.29 is 4.42 Å². The maximum Gasteiger partial charge on any atom is 0.141 e. The summed E-state index contributed by atoms with van der Waals surface area (Å²) in [5.41, 5.74) is 8.66. The Morgan fingerprint density at radius 1 is 1.32 bits per heavy atom. The second-order valence-corrected chi connectivity index (χ2v) is 4.95. The summed E-state index contributed by atoms with van der Waals surface area (Å²) in [5, 5.41) is 5.96. The monoisotopic (exact) mass is 275 g/mol. The van der Waals surface area contributed by atoms with Crippen LogP contribution in [0.5, 0.6) is 0 Å². The number of fused-ring (bicyclic) bond motifs is 1. The molecule has 0 aliphatic rings. The predicted octanol–water partition coefficient (Wildman–Crippen LogP) is 3.53. The van der Waals surface area contributed by atoms with E-state index in [0.29, 0.717) is 17.4 Å². The predicted molar refractivity (Wildman–Crippen MR) is 76.4 cm³/mol. The van der Waals surface area contributed by atoms with Crippen molar-refractivity contribution in [1.82, 2.24) is 9.78 Å². The van der Waals surface area contributed by atoms with Crippen LogP contribution >= 0.6 is 11.6 Å². The van der Waals surface area contributed by atoms with Gasteiger partial charge in [-0.3, -0.25) is 0 Å². The van der Waals surface area contributed by atoms with Gasteiger partial charge in [-0.05, 0) is 19.9 Å². The number of aryl methyl sites for hydroxylation is 2. The molecule has 0 bridgehead atoms. The van der Waals surface area contributed by atoms with Gasteiger partial charge in [-0.2, -0.15) is 5.10 Å². The topological polar surface area (TPSA) is 57.0 Å². The highest BCUT2D eigenvalue weighted by molar-refractivity contribution is 6.33. The van der Waals surface area contributed by atoms with Crippen LogP contribution in [0, 0.1) is 13.8 Å². The normalized spacial score (nSPS) is 11.3. The Hall–Kier alpha value is -1.94. The lowest BCUT2D eigenvalue weighted by atomic mass is 10.1. The highest BCUT2D eigenvalue weighted by Crippen LogP contribution is 2.28. The Bertz CT molecular complexity index is 757. The Kier molecular flexibility index (Phi) is 2.75. The van der Waals surface area contributed by atoms with Crippen molar-refractivity contribution in [3.8, 4) is 0 Å². The maximum atomic E-state index is 6.06. The molecule has 0 atom stereocenters. The molecule has 0 spiro atoms. The third-order valence-corrected chi connectivity index (χ3v) is 3.77.